The largest absolute Gasteiger partial charge is 0.463 e. The molecule has 3 nitrogen and oxygen atoms in total. The molecule has 0 N–H and O–H groups in total. The molecule has 0 aromatic heterocycles. The Kier molecular flexibility index (Phi) is 29.9. The number of ether oxygens (including phenoxy) is 2. The van der Waals surface area contributed by atoms with Crippen molar-refractivity contribution in [1.82, 2.24) is 0 Å². The number of hydrogen-bond acceptors (Lipinski definition) is 3. The van der Waals surface area contributed by atoms with Crippen LogP contribution in [-0.4, -0.2) is 26.3 Å². The highest BCUT2D eigenvalue weighted by Crippen LogP contribution is 1.89. The number of carbonyl (C=O) groups excluding carboxylic acids is 1. The average Bonchev–Trinajstić information content (AvgIpc) is 2.07. The minimum Gasteiger partial charge on any atom is -0.463 e. The van der Waals surface area contributed by atoms with Gasteiger partial charge in [-0.05, 0) is 20.3 Å². The van der Waals surface area contributed by atoms with Crippen LogP contribution in [0.3, 0.4) is 0 Å². The molecular formula is C12H28O3. The van der Waals surface area contributed by atoms with Crippen LogP contribution in [0.25, 0.3) is 0 Å². The summed E-state index contributed by atoms with van der Waals surface area (Å²) in [5.41, 5.74) is 0.451. The molecule has 0 heterocycles. The van der Waals surface area contributed by atoms with Gasteiger partial charge in [0.2, 0.25) is 0 Å². The van der Waals surface area contributed by atoms with E-state index in [0.717, 1.165) is 13.0 Å². The maximum Gasteiger partial charge on any atom is 0.333 e. The van der Waals surface area contributed by atoms with Crippen LogP contribution < -0.4 is 0 Å². The first-order valence-electron chi connectivity index (χ1n) is 4.41. The molecule has 0 amide bonds. The molecule has 0 bridgehead atoms. The summed E-state index contributed by atoms with van der Waals surface area (Å²) in [4.78, 5) is 10.4. The number of carbonyl (C=O) groups is 1. The third-order valence-corrected chi connectivity index (χ3v) is 1.03. The molecule has 0 atom stereocenters. The molecule has 0 aliphatic carbocycles. The number of hydrogen-bond donors (Lipinski definition) is 0. The molecule has 0 aliphatic rings. The molecule has 0 spiro atoms. The summed E-state index contributed by atoms with van der Waals surface area (Å²) in [6.45, 7) is 10.2. The van der Waals surface area contributed by atoms with Gasteiger partial charge in [0.1, 0.15) is 0 Å². The van der Waals surface area contributed by atoms with Crippen molar-refractivity contribution in [3.63, 3.8) is 0 Å². The zero-order chi connectivity index (χ0) is 10.7. The van der Waals surface area contributed by atoms with Crippen LogP contribution in [0.5, 0.6) is 0 Å². The summed E-state index contributed by atoms with van der Waals surface area (Å²) < 4.78 is 9.26. The summed E-state index contributed by atoms with van der Waals surface area (Å²) in [6.07, 6.45) is 1.12. The molecule has 0 rings (SSSR count). The van der Waals surface area contributed by atoms with Crippen molar-refractivity contribution in [2.24, 2.45) is 0 Å². The molecule has 0 saturated carbocycles. The SMILES string of the molecule is C.C.C=C(C)C(=O)OCC.CCCOC. The number of esters is 1. The van der Waals surface area contributed by atoms with E-state index in [2.05, 4.69) is 18.2 Å². The molecular weight excluding hydrogens is 192 g/mol. The molecule has 0 radical (unpaired) electrons. The fourth-order valence-electron chi connectivity index (χ4n) is 0.458. The van der Waals surface area contributed by atoms with E-state index >= 15 is 0 Å². The number of methoxy groups -OCH3 is 1. The molecule has 0 fully saturated rings. The maximum absolute atomic E-state index is 10.4. The van der Waals surface area contributed by atoms with Gasteiger partial charge in [-0.3, -0.25) is 0 Å². The third kappa shape index (κ3) is 24.6. The lowest BCUT2D eigenvalue weighted by atomic mass is 10.4. The highest BCUT2D eigenvalue weighted by Gasteiger charge is 1.98. The predicted octanol–water partition coefficient (Wildman–Crippen LogP) is 3.44. The first-order chi connectivity index (χ1) is 6.09. The van der Waals surface area contributed by atoms with Crippen molar-refractivity contribution in [3.8, 4) is 0 Å². The summed E-state index contributed by atoms with van der Waals surface area (Å²) in [7, 11) is 1.71. The van der Waals surface area contributed by atoms with Gasteiger partial charge in [-0.25, -0.2) is 4.79 Å². The van der Waals surface area contributed by atoms with Crippen LogP contribution in [0.4, 0.5) is 0 Å². The van der Waals surface area contributed by atoms with Crippen molar-refractivity contribution in [3.05, 3.63) is 12.2 Å². The molecule has 0 unspecified atom stereocenters. The van der Waals surface area contributed by atoms with Crippen LogP contribution in [0.1, 0.15) is 42.0 Å². The van der Waals surface area contributed by atoms with Crippen LogP contribution in [0.15, 0.2) is 12.2 Å². The Morgan fingerprint density at radius 3 is 1.80 bits per heavy atom. The van der Waals surface area contributed by atoms with Gasteiger partial charge < -0.3 is 9.47 Å². The zero-order valence-corrected chi connectivity index (χ0v) is 9.05. The van der Waals surface area contributed by atoms with E-state index in [4.69, 9.17) is 4.74 Å². The van der Waals surface area contributed by atoms with Gasteiger partial charge in [-0.1, -0.05) is 28.4 Å². The first kappa shape index (κ1) is 23.8. The van der Waals surface area contributed by atoms with Crippen LogP contribution in [0, 0.1) is 0 Å². The lowest BCUT2D eigenvalue weighted by Crippen LogP contribution is -2.03. The average molecular weight is 220 g/mol. The summed E-state index contributed by atoms with van der Waals surface area (Å²) in [6, 6.07) is 0. The number of rotatable bonds is 4. The summed E-state index contributed by atoms with van der Waals surface area (Å²) in [5.74, 6) is -0.312. The van der Waals surface area contributed by atoms with Crippen LogP contribution in [0.2, 0.25) is 0 Å². The normalized spacial score (nSPS) is 7.20. The van der Waals surface area contributed by atoms with E-state index in [-0.39, 0.29) is 20.8 Å². The lowest BCUT2D eigenvalue weighted by Gasteiger charge is -1.96. The molecule has 3 heteroatoms. The fourth-order valence-corrected chi connectivity index (χ4v) is 0.458. The van der Waals surface area contributed by atoms with E-state index in [9.17, 15) is 4.79 Å². The molecule has 94 valence electrons. The van der Waals surface area contributed by atoms with Gasteiger partial charge in [0.15, 0.2) is 0 Å². The van der Waals surface area contributed by atoms with Crippen molar-refractivity contribution in [2.75, 3.05) is 20.3 Å². The molecule has 15 heavy (non-hydrogen) atoms. The first-order valence-corrected chi connectivity index (χ1v) is 4.41. The Labute approximate surface area is 95.5 Å². The monoisotopic (exact) mass is 220 g/mol. The van der Waals surface area contributed by atoms with Crippen LogP contribution in [-0.2, 0) is 14.3 Å². The second-order valence-corrected chi connectivity index (χ2v) is 2.49. The minimum atomic E-state index is -0.312. The second-order valence-electron chi connectivity index (χ2n) is 2.49. The molecule has 0 aromatic rings. The van der Waals surface area contributed by atoms with Crippen molar-refractivity contribution in [2.45, 2.75) is 42.0 Å². The Bertz CT molecular complexity index is 140. The van der Waals surface area contributed by atoms with E-state index < -0.39 is 0 Å². The Hall–Kier alpha value is -0.830. The van der Waals surface area contributed by atoms with Crippen molar-refractivity contribution in [1.29, 1.82) is 0 Å². The molecule has 0 saturated heterocycles. The van der Waals surface area contributed by atoms with Gasteiger partial charge >= 0.3 is 5.97 Å². The zero-order valence-electron chi connectivity index (χ0n) is 9.05. The predicted molar refractivity (Wildman–Crippen MR) is 67.1 cm³/mol. The smallest absolute Gasteiger partial charge is 0.333 e. The maximum atomic E-state index is 10.4. The quantitative estimate of drug-likeness (QED) is 0.538. The van der Waals surface area contributed by atoms with Crippen molar-refractivity contribution < 1.29 is 14.3 Å². The molecule has 0 aromatic carbocycles. The van der Waals surface area contributed by atoms with E-state index in [0.29, 0.717) is 12.2 Å². The summed E-state index contributed by atoms with van der Waals surface area (Å²) >= 11 is 0. The third-order valence-electron chi connectivity index (χ3n) is 1.03. The Morgan fingerprint density at radius 1 is 1.27 bits per heavy atom. The van der Waals surface area contributed by atoms with E-state index in [1.165, 1.54) is 0 Å². The van der Waals surface area contributed by atoms with Gasteiger partial charge in [0.05, 0.1) is 6.61 Å². The van der Waals surface area contributed by atoms with E-state index in [1.807, 2.05) is 0 Å². The Morgan fingerprint density at radius 2 is 1.73 bits per heavy atom. The second kappa shape index (κ2) is 18.9. The minimum absolute atomic E-state index is 0. The van der Waals surface area contributed by atoms with Crippen molar-refractivity contribution >= 4 is 5.97 Å². The van der Waals surface area contributed by atoms with Gasteiger partial charge in [-0.15, -0.1) is 0 Å². The Balaban J connectivity index is -0.0000000770. The standard InChI is InChI=1S/C6H10O2.C4H10O.2CH4/c1-4-8-6(7)5(2)3;1-3-4-5-2;;/h2,4H2,1,3H3;3-4H2,1-2H3;2*1H4. The van der Waals surface area contributed by atoms with Gasteiger partial charge in [-0.2, -0.15) is 0 Å². The van der Waals surface area contributed by atoms with Crippen LogP contribution >= 0.6 is 0 Å². The van der Waals surface area contributed by atoms with E-state index in [1.54, 1.807) is 21.0 Å². The van der Waals surface area contributed by atoms with Gasteiger partial charge in [0, 0.05) is 19.3 Å². The molecule has 0 aliphatic heterocycles. The van der Waals surface area contributed by atoms with Gasteiger partial charge in [0.25, 0.3) is 0 Å². The topological polar surface area (TPSA) is 35.5 Å². The summed E-state index contributed by atoms with van der Waals surface area (Å²) in [5, 5.41) is 0. The highest BCUT2D eigenvalue weighted by molar-refractivity contribution is 5.86. The fraction of sp³-hybridized carbons (Fsp3) is 0.750. The highest BCUT2D eigenvalue weighted by atomic mass is 16.5. The lowest BCUT2D eigenvalue weighted by molar-refractivity contribution is -0.138.